The molecule has 116 valence electrons. The van der Waals surface area contributed by atoms with E-state index in [9.17, 15) is 0 Å². The van der Waals surface area contributed by atoms with Crippen molar-refractivity contribution in [2.45, 2.75) is 6.04 Å². The maximum Gasteiger partial charge on any atom is 0.108 e. The van der Waals surface area contributed by atoms with Crippen LogP contribution in [0.15, 0.2) is 101 Å². The van der Waals surface area contributed by atoms with Crippen LogP contribution in [0.5, 0.6) is 0 Å². The molecule has 0 radical (unpaired) electrons. The van der Waals surface area contributed by atoms with Gasteiger partial charge in [0.2, 0.25) is 0 Å². The highest BCUT2D eigenvalue weighted by atomic mass is 32.2. The average Bonchev–Trinajstić information content (AvgIpc) is 3.08. The van der Waals surface area contributed by atoms with Crippen LogP contribution in [0.1, 0.15) is 22.7 Å². The van der Waals surface area contributed by atoms with E-state index in [4.69, 9.17) is 4.99 Å². The van der Waals surface area contributed by atoms with Gasteiger partial charge in [0, 0.05) is 10.5 Å². The summed E-state index contributed by atoms with van der Waals surface area (Å²) >= 11 is 1.77. The van der Waals surface area contributed by atoms with Crippen LogP contribution in [0.2, 0.25) is 0 Å². The Labute approximate surface area is 146 Å². The number of aliphatic imine (C=N–C) groups is 1. The van der Waals surface area contributed by atoms with Crippen LogP contribution < -0.4 is 0 Å². The van der Waals surface area contributed by atoms with Gasteiger partial charge in [-0.2, -0.15) is 0 Å². The molecule has 2 heteroatoms. The van der Waals surface area contributed by atoms with Gasteiger partial charge in [0.15, 0.2) is 0 Å². The minimum absolute atomic E-state index is 0.0756. The Morgan fingerprint density at radius 1 is 0.708 bits per heavy atom. The van der Waals surface area contributed by atoms with Crippen molar-refractivity contribution >= 4 is 22.9 Å². The van der Waals surface area contributed by atoms with E-state index in [-0.39, 0.29) is 6.04 Å². The molecule has 24 heavy (non-hydrogen) atoms. The zero-order chi connectivity index (χ0) is 16.2. The van der Waals surface area contributed by atoms with E-state index in [1.54, 1.807) is 11.8 Å². The second-order valence-electron chi connectivity index (χ2n) is 5.67. The molecule has 1 heterocycles. The zero-order valence-corrected chi connectivity index (χ0v) is 14.0. The molecule has 0 amide bonds. The highest BCUT2D eigenvalue weighted by Crippen LogP contribution is 2.43. The predicted molar refractivity (Wildman–Crippen MR) is 104 cm³/mol. The van der Waals surface area contributed by atoms with E-state index in [1.807, 2.05) is 18.2 Å². The maximum absolute atomic E-state index is 5.02. The monoisotopic (exact) mass is 327 g/mol. The number of benzene rings is 3. The van der Waals surface area contributed by atoms with Crippen LogP contribution in [0, 0.1) is 0 Å². The highest BCUT2D eigenvalue weighted by Gasteiger charge is 2.26. The average molecular weight is 327 g/mol. The smallest absolute Gasteiger partial charge is 0.108 e. The zero-order valence-electron chi connectivity index (χ0n) is 13.2. The lowest BCUT2D eigenvalue weighted by atomic mass is 10.1. The summed E-state index contributed by atoms with van der Waals surface area (Å²) in [6, 6.07) is 31.5. The minimum Gasteiger partial charge on any atom is -0.264 e. The summed E-state index contributed by atoms with van der Waals surface area (Å²) in [4.78, 5) is 6.29. The highest BCUT2D eigenvalue weighted by molar-refractivity contribution is 8.18. The van der Waals surface area contributed by atoms with Gasteiger partial charge in [-0.3, -0.25) is 4.99 Å². The van der Waals surface area contributed by atoms with Crippen molar-refractivity contribution in [3.63, 3.8) is 0 Å². The Morgan fingerprint density at radius 3 is 1.96 bits per heavy atom. The first-order valence-corrected chi connectivity index (χ1v) is 8.84. The molecule has 0 saturated heterocycles. The van der Waals surface area contributed by atoms with Crippen LogP contribution >= 0.6 is 11.8 Å². The van der Waals surface area contributed by atoms with Gasteiger partial charge in [-0.1, -0.05) is 103 Å². The number of nitrogens with zero attached hydrogens (tertiary/aromatic N) is 1. The second kappa shape index (κ2) is 6.90. The minimum atomic E-state index is 0.0756. The molecule has 0 saturated carbocycles. The maximum atomic E-state index is 5.02. The van der Waals surface area contributed by atoms with E-state index < -0.39 is 0 Å². The first-order chi connectivity index (χ1) is 11.9. The molecule has 1 unspecified atom stereocenters. The standard InChI is InChI=1S/C22H17NS/c1-4-10-17(11-5-1)16-20-21(18-12-6-2-7-13-18)23-22(24-20)19-14-8-3-9-15-19/h1-16,21H. The van der Waals surface area contributed by atoms with Gasteiger partial charge < -0.3 is 0 Å². The number of hydrogen-bond acceptors (Lipinski definition) is 2. The summed E-state index contributed by atoms with van der Waals surface area (Å²) in [5.74, 6) is 0. The molecule has 1 nitrogen and oxygen atoms in total. The molecule has 3 aromatic carbocycles. The predicted octanol–water partition coefficient (Wildman–Crippen LogP) is 5.96. The molecule has 0 N–H and O–H groups in total. The third-order valence-electron chi connectivity index (χ3n) is 3.97. The van der Waals surface area contributed by atoms with Gasteiger partial charge in [0.1, 0.15) is 11.1 Å². The fourth-order valence-corrected chi connectivity index (χ4v) is 3.92. The van der Waals surface area contributed by atoms with Crippen LogP contribution in [-0.4, -0.2) is 5.04 Å². The van der Waals surface area contributed by atoms with Crippen molar-refractivity contribution in [1.82, 2.24) is 0 Å². The van der Waals surface area contributed by atoms with Gasteiger partial charge in [0.05, 0.1) is 0 Å². The fraction of sp³-hybridized carbons (Fsp3) is 0.0455. The van der Waals surface area contributed by atoms with Crippen molar-refractivity contribution < 1.29 is 0 Å². The van der Waals surface area contributed by atoms with E-state index in [0.29, 0.717) is 0 Å². The number of thioether (sulfide) groups is 1. The van der Waals surface area contributed by atoms with Crippen molar-refractivity contribution in [1.29, 1.82) is 0 Å². The summed E-state index contributed by atoms with van der Waals surface area (Å²) in [5.41, 5.74) is 3.63. The van der Waals surface area contributed by atoms with Crippen molar-refractivity contribution in [3.8, 4) is 0 Å². The molecule has 3 aromatic rings. The van der Waals surface area contributed by atoms with E-state index in [1.165, 1.54) is 21.6 Å². The Bertz CT molecular complexity index is 868. The SMILES string of the molecule is C(=C1SC(c2ccccc2)=NC1c1ccccc1)c1ccccc1. The molecule has 1 atom stereocenters. The summed E-state index contributed by atoms with van der Waals surface area (Å²) in [5, 5.41) is 1.09. The summed E-state index contributed by atoms with van der Waals surface area (Å²) in [7, 11) is 0. The van der Waals surface area contributed by atoms with Crippen molar-refractivity contribution in [2.75, 3.05) is 0 Å². The molecule has 0 fully saturated rings. The number of hydrogen-bond donors (Lipinski definition) is 0. The quantitative estimate of drug-likeness (QED) is 0.578. The molecular weight excluding hydrogens is 310 g/mol. The first-order valence-electron chi connectivity index (χ1n) is 8.03. The number of rotatable bonds is 3. The Morgan fingerprint density at radius 2 is 1.29 bits per heavy atom. The van der Waals surface area contributed by atoms with Gasteiger partial charge in [-0.05, 0) is 17.2 Å². The summed E-state index contributed by atoms with van der Waals surface area (Å²) in [6.45, 7) is 0. The summed E-state index contributed by atoms with van der Waals surface area (Å²) in [6.07, 6.45) is 2.25. The third kappa shape index (κ3) is 3.19. The molecule has 0 aromatic heterocycles. The Kier molecular flexibility index (Phi) is 4.30. The molecule has 0 bridgehead atoms. The van der Waals surface area contributed by atoms with Gasteiger partial charge in [-0.15, -0.1) is 0 Å². The van der Waals surface area contributed by atoms with Crippen LogP contribution in [0.25, 0.3) is 6.08 Å². The van der Waals surface area contributed by atoms with Crippen LogP contribution in [-0.2, 0) is 0 Å². The molecule has 4 rings (SSSR count). The third-order valence-corrected chi connectivity index (χ3v) is 5.09. The van der Waals surface area contributed by atoms with E-state index in [2.05, 4.69) is 78.9 Å². The summed E-state index contributed by atoms with van der Waals surface area (Å²) < 4.78 is 0. The topological polar surface area (TPSA) is 12.4 Å². The van der Waals surface area contributed by atoms with E-state index in [0.717, 1.165) is 5.04 Å². The molecule has 0 aliphatic carbocycles. The van der Waals surface area contributed by atoms with Crippen LogP contribution in [0.4, 0.5) is 0 Å². The Hall–Kier alpha value is -2.58. The normalized spacial score (nSPS) is 18.6. The van der Waals surface area contributed by atoms with E-state index >= 15 is 0 Å². The lowest BCUT2D eigenvalue weighted by molar-refractivity contribution is 0.917. The van der Waals surface area contributed by atoms with Gasteiger partial charge in [-0.25, -0.2) is 0 Å². The van der Waals surface area contributed by atoms with Gasteiger partial charge in [0.25, 0.3) is 0 Å². The van der Waals surface area contributed by atoms with Gasteiger partial charge >= 0.3 is 0 Å². The molecule has 1 aliphatic rings. The molecular formula is C22H17NS. The lowest BCUT2D eigenvalue weighted by Crippen LogP contribution is -1.93. The molecule has 0 spiro atoms. The fourth-order valence-electron chi connectivity index (χ4n) is 2.78. The lowest BCUT2D eigenvalue weighted by Gasteiger charge is -2.09. The van der Waals surface area contributed by atoms with Crippen molar-refractivity contribution in [2.24, 2.45) is 4.99 Å². The van der Waals surface area contributed by atoms with Crippen molar-refractivity contribution in [3.05, 3.63) is 113 Å². The Balaban J connectivity index is 1.75. The second-order valence-corrected chi connectivity index (χ2v) is 6.74. The molecule has 1 aliphatic heterocycles. The first kappa shape index (κ1) is 15.0. The largest absolute Gasteiger partial charge is 0.264 e. The van der Waals surface area contributed by atoms with Crippen LogP contribution in [0.3, 0.4) is 0 Å².